The van der Waals surface area contributed by atoms with Gasteiger partial charge in [0.2, 0.25) is 0 Å². The first-order valence-electron chi connectivity index (χ1n) is 9.88. The summed E-state index contributed by atoms with van der Waals surface area (Å²) in [6.07, 6.45) is 0. The Bertz CT molecular complexity index is 1070. The fraction of sp³-hybridized carbons (Fsp3) is 0.125. The van der Waals surface area contributed by atoms with Crippen molar-refractivity contribution < 1.29 is 19.1 Å². The first kappa shape index (κ1) is 22.4. The average molecular weight is 432 g/mol. The number of urea groups is 1. The topological polar surface area (TPSA) is 99.8 Å². The Morgan fingerprint density at radius 1 is 0.719 bits per heavy atom. The molecule has 3 N–H and O–H groups in total. The van der Waals surface area contributed by atoms with Crippen LogP contribution in [0.15, 0.2) is 78.9 Å². The molecule has 0 saturated heterocycles. The summed E-state index contributed by atoms with van der Waals surface area (Å²) in [5.74, 6) is 0.0991. The van der Waals surface area contributed by atoms with Crippen molar-refractivity contribution >= 4 is 34.9 Å². The number of likely N-dealkylation sites (N-methyl/N-ethyl adjacent to an activating group) is 1. The third-order valence-corrected chi connectivity index (χ3v) is 4.41. The highest BCUT2D eigenvalue weighted by Gasteiger charge is 2.09. The molecule has 0 heterocycles. The minimum atomic E-state index is -0.372. The number of carbonyl (C=O) groups is 3. The van der Waals surface area contributed by atoms with E-state index >= 15 is 0 Å². The molecule has 0 spiro atoms. The van der Waals surface area contributed by atoms with Crippen molar-refractivity contribution in [3.63, 3.8) is 0 Å². The summed E-state index contributed by atoms with van der Waals surface area (Å²) in [4.78, 5) is 37.5. The molecule has 0 atom stereocenters. The van der Waals surface area contributed by atoms with Crippen LogP contribution in [0.3, 0.4) is 0 Å². The van der Waals surface area contributed by atoms with Crippen LogP contribution in [0.1, 0.15) is 10.4 Å². The number of carbonyl (C=O) groups excluding carboxylic acids is 3. The maximum absolute atomic E-state index is 12.5. The van der Waals surface area contributed by atoms with Gasteiger partial charge in [0.15, 0.2) is 6.61 Å². The van der Waals surface area contributed by atoms with Gasteiger partial charge in [-0.25, -0.2) is 4.79 Å². The highest BCUT2D eigenvalue weighted by atomic mass is 16.5. The Morgan fingerprint density at radius 2 is 1.25 bits per heavy atom. The molecule has 4 amide bonds. The molecule has 0 saturated carbocycles. The molecule has 8 nitrogen and oxygen atoms in total. The smallest absolute Gasteiger partial charge is 0.323 e. The van der Waals surface area contributed by atoms with E-state index in [1.165, 1.54) is 4.90 Å². The van der Waals surface area contributed by atoms with Crippen LogP contribution >= 0.6 is 0 Å². The molecule has 32 heavy (non-hydrogen) atoms. The maximum Gasteiger partial charge on any atom is 0.323 e. The Balaban J connectivity index is 1.51. The van der Waals surface area contributed by atoms with Crippen molar-refractivity contribution in [3.05, 3.63) is 84.4 Å². The Hall–Kier alpha value is -4.33. The van der Waals surface area contributed by atoms with Crippen molar-refractivity contribution in [1.29, 1.82) is 0 Å². The molecule has 8 heteroatoms. The van der Waals surface area contributed by atoms with E-state index in [0.717, 1.165) is 0 Å². The van der Waals surface area contributed by atoms with Gasteiger partial charge in [-0.15, -0.1) is 0 Å². The molecular weight excluding hydrogens is 408 g/mol. The van der Waals surface area contributed by atoms with Gasteiger partial charge >= 0.3 is 6.03 Å². The Kier molecular flexibility index (Phi) is 7.42. The van der Waals surface area contributed by atoms with E-state index in [1.54, 1.807) is 74.8 Å². The number of rotatable bonds is 7. The average Bonchev–Trinajstić information content (AvgIpc) is 2.79. The molecule has 0 radical (unpaired) electrons. The molecular formula is C24H24N4O4. The van der Waals surface area contributed by atoms with Crippen LogP contribution in [-0.2, 0) is 4.79 Å². The van der Waals surface area contributed by atoms with E-state index in [0.29, 0.717) is 28.4 Å². The third-order valence-electron chi connectivity index (χ3n) is 4.41. The van der Waals surface area contributed by atoms with Crippen LogP contribution < -0.4 is 20.7 Å². The van der Waals surface area contributed by atoms with Crippen molar-refractivity contribution in [2.24, 2.45) is 0 Å². The summed E-state index contributed by atoms with van der Waals surface area (Å²) in [5.41, 5.74) is 2.27. The first-order chi connectivity index (χ1) is 15.4. The number of benzene rings is 3. The maximum atomic E-state index is 12.5. The summed E-state index contributed by atoms with van der Waals surface area (Å²) in [7, 11) is 3.32. The number of anilines is 3. The summed E-state index contributed by atoms with van der Waals surface area (Å²) in [5, 5.41) is 8.23. The molecule has 0 aliphatic carbocycles. The Morgan fingerprint density at radius 3 is 1.84 bits per heavy atom. The van der Waals surface area contributed by atoms with Gasteiger partial charge in [0.25, 0.3) is 11.8 Å². The molecule has 0 unspecified atom stereocenters. The van der Waals surface area contributed by atoms with Crippen LogP contribution in [0.25, 0.3) is 0 Å². The number of amides is 4. The minimum Gasteiger partial charge on any atom is -0.484 e. The van der Waals surface area contributed by atoms with Crippen molar-refractivity contribution in [2.75, 3.05) is 36.7 Å². The van der Waals surface area contributed by atoms with Crippen molar-refractivity contribution in [1.82, 2.24) is 4.90 Å². The lowest BCUT2D eigenvalue weighted by Crippen LogP contribution is -2.27. The SMILES string of the molecule is CN(C)C(=O)COc1ccc(NC(=O)c2ccc(NC(=O)Nc3ccccc3)cc2)cc1. The summed E-state index contributed by atoms with van der Waals surface area (Å²) in [6, 6.07) is 22.0. The van der Waals surface area contributed by atoms with Gasteiger partial charge in [0.1, 0.15) is 5.75 Å². The van der Waals surface area contributed by atoms with Gasteiger partial charge in [-0.05, 0) is 60.7 Å². The van der Waals surface area contributed by atoms with Gasteiger partial charge in [-0.3, -0.25) is 9.59 Å². The summed E-state index contributed by atoms with van der Waals surface area (Å²) in [6.45, 7) is -0.0531. The van der Waals surface area contributed by atoms with E-state index in [1.807, 2.05) is 18.2 Å². The van der Waals surface area contributed by atoms with Crippen LogP contribution in [0.4, 0.5) is 21.9 Å². The monoisotopic (exact) mass is 432 g/mol. The highest BCUT2D eigenvalue weighted by molar-refractivity contribution is 6.05. The van der Waals surface area contributed by atoms with Gasteiger partial charge in [0.05, 0.1) is 0 Å². The van der Waals surface area contributed by atoms with Crippen LogP contribution in [-0.4, -0.2) is 43.4 Å². The number of hydrogen-bond donors (Lipinski definition) is 3. The Labute approximate surface area is 186 Å². The fourth-order valence-electron chi connectivity index (χ4n) is 2.63. The number of ether oxygens (including phenoxy) is 1. The predicted molar refractivity (Wildman–Crippen MR) is 124 cm³/mol. The zero-order chi connectivity index (χ0) is 22.9. The fourth-order valence-corrected chi connectivity index (χ4v) is 2.63. The molecule has 0 fully saturated rings. The van der Waals surface area contributed by atoms with E-state index in [2.05, 4.69) is 16.0 Å². The van der Waals surface area contributed by atoms with Crippen LogP contribution in [0, 0.1) is 0 Å². The van der Waals surface area contributed by atoms with Gasteiger partial charge in [0, 0.05) is 36.7 Å². The summed E-state index contributed by atoms with van der Waals surface area (Å²) < 4.78 is 5.41. The molecule has 3 rings (SSSR count). The number of hydrogen-bond acceptors (Lipinski definition) is 4. The lowest BCUT2D eigenvalue weighted by Gasteiger charge is -2.12. The molecule has 3 aromatic rings. The van der Waals surface area contributed by atoms with Crippen molar-refractivity contribution in [2.45, 2.75) is 0 Å². The summed E-state index contributed by atoms with van der Waals surface area (Å²) >= 11 is 0. The molecule has 0 aliphatic heterocycles. The second-order valence-corrected chi connectivity index (χ2v) is 7.08. The quantitative estimate of drug-likeness (QED) is 0.524. The number of nitrogens with one attached hydrogen (secondary N) is 3. The van der Waals surface area contributed by atoms with E-state index in [4.69, 9.17) is 4.74 Å². The second-order valence-electron chi connectivity index (χ2n) is 7.08. The van der Waals surface area contributed by atoms with Crippen LogP contribution in [0.5, 0.6) is 5.75 Å². The molecule has 164 valence electrons. The van der Waals surface area contributed by atoms with E-state index in [-0.39, 0.29) is 24.5 Å². The second kappa shape index (κ2) is 10.6. The molecule has 3 aromatic carbocycles. The van der Waals surface area contributed by atoms with E-state index < -0.39 is 0 Å². The highest BCUT2D eigenvalue weighted by Crippen LogP contribution is 2.17. The zero-order valence-corrected chi connectivity index (χ0v) is 17.8. The van der Waals surface area contributed by atoms with Gasteiger partial charge in [-0.1, -0.05) is 18.2 Å². The van der Waals surface area contributed by atoms with Crippen molar-refractivity contribution in [3.8, 4) is 5.75 Å². The van der Waals surface area contributed by atoms with Gasteiger partial charge < -0.3 is 25.6 Å². The molecule has 0 aliphatic rings. The standard InChI is InChI=1S/C24H24N4O4/c1-28(2)22(29)16-32-21-14-12-19(13-15-21)25-23(30)17-8-10-20(11-9-17)27-24(31)26-18-6-4-3-5-7-18/h3-15H,16H2,1-2H3,(H,25,30)(H2,26,27,31). The van der Waals surface area contributed by atoms with E-state index in [9.17, 15) is 14.4 Å². The zero-order valence-electron chi connectivity index (χ0n) is 17.8. The number of para-hydroxylation sites is 1. The molecule has 0 aromatic heterocycles. The van der Waals surface area contributed by atoms with Crippen LogP contribution in [0.2, 0.25) is 0 Å². The molecule has 0 bridgehead atoms. The lowest BCUT2D eigenvalue weighted by molar-refractivity contribution is -0.130. The predicted octanol–water partition coefficient (Wildman–Crippen LogP) is 4.05. The lowest BCUT2D eigenvalue weighted by atomic mass is 10.2. The minimum absolute atomic E-state index is 0.0531. The first-order valence-corrected chi connectivity index (χ1v) is 9.88. The normalized spacial score (nSPS) is 10.1. The largest absolute Gasteiger partial charge is 0.484 e. The third kappa shape index (κ3) is 6.60. The van der Waals surface area contributed by atoms with Gasteiger partial charge in [-0.2, -0.15) is 0 Å². The number of nitrogens with zero attached hydrogens (tertiary/aromatic N) is 1.